The van der Waals surface area contributed by atoms with Crippen molar-refractivity contribution in [1.82, 2.24) is 0 Å². The monoisotopic (exact) mass is 162 g/mol. The van der Waals surface area contributed by atoms with E-state index in [1.54, 1.807) is 7.11 Å². The second-order valence-electron chi connectivity index (χ2n) is 2.26. The average molecular weight is 162 g/mol. The first-order valence-corrected chi connectivity index (χ1v) is 5.98. The molecule has 10 heavy (non-hydrogen) atoms. The summed E-state index contributed by atoms with van der Waals surface area (Å²) in [5, 5.41) is 0. The van der Waals surface area contributed by atoms with Crippen molar-refractivity contribution in [2.24, 2.45) is 0 Å². The maximum Gasteiger partial charge on any atom is 0.161 e. The second kappa shape index (κ2) is 7.25. The summed E-state index contributed by atoms with van der Waals surface area (Å²) in [4.78, 5) is 0. The Morgan fingerprint density at radius 1 is 1.50 bits per heavy atom. The van der Waals surface area contributed by atoms with E-state index in [2.05, 4.69) is 13.5 Å². The van der Waals surface area contributed by atoms with E-state index in [9.17, 15) is 0 Å². The molecule has 0 aromatic rings. The van der Waals surface area contributed by atoms with Gasteiger partial charge < -0.3 is 9.16 Å². The highest BCUT2D eigenvalue weighted by molar-refractivity contribution is 6.24. The van der Waals surface area contributed by atoms with Gasteiger partial charge in [-0.15, -0.1) is 0 Å². The van der Waals surface area contributed by atoms with Gasteiger partial charge in [-0.25, -0.2) is 0 Å². The van der Waals surface area contributed by atoms with E-state index < -0.39 is 0 Å². The van der Waals surface area contributed by atoms with Gasteiger partial charge in [0.2, 0.25) is 0 Å². The molecule has 0 spiro atoms. The Kier molecular flexibility index (Phi) is 7.35. The highest BCUT2D eigenvalue weighted by atomic mass is 28.2. The number of unbranched alkanes of at least 4 members (excludes halogenated alkanes) is 1. The van der Waals surface area contributed by atoms with E-state index in [4.69, 9.17) is 9.16 Å². The predicted octanol–water partition coefficient (Wildman–Crippen LogP) is 1.30. The van der Waals surface area contributed by atoms with Gasteiger partial charge in [0.25, 0.3) is 0 Å². The molecule has 0 heterocycles. The normalized spacial score (nSPS) is 14.7. The minimum Gasteiger partial charge on any atom is -0.400 e. The second-order valence-corrected chi connectivity index (χ2v) is 3.17. The molecule has 1 atom stereocenters. The maximum absolute atomic E-state index is 5.41. The summed E-state index contributed by atoms with van der Waals surface area (Å²) in [7, 11) is 1.42. The maximum atomic E-state index is 5.41. The largest absolute Gasteiger partial charge is 0.400 e. The van der Waals surface area contributed by atoms with Gasteiger partial charge >= 0.3 is 0 Å². The fourth-order valence-electron chi connectivity index (χ4n) is 0.826. The lowest BCUT2D eigenvalue weighted by Crippen LogP contribution is -2.16. The summed E-state index contributed by atoms with van der Waals surface area (Å²) in [5.41, 5.74) is 0. The summed E-state index contributed by atoms with van der Waals surface area (Å²) in [6, 6.07) is 0. The molecule has 0 amide bonds. The Labute approximate surface area is 65.9 Å². The molecule has 0 aromatic carbocycles. The fraction of sp³-hybridized carbons (Fsp3) is 1.00. The van der Waals surface area contributed by atoms with Crippen molar-refractivity contribution < 1.29 is 9.16 Å². The van der Waals surface area contributed by atoms with Gasteiger partial charge in [0.05, 0.1) is 0 Å². The SMILES string of the molecule is CCCCC(OC)O[SiH2]C. The van der Waals surface area contributed by atoms with Gasteiger partial charge in [-0.1, -0.05) is 19.9 Å². The zero-order chi connectivity index (χ0) is 7.82. The Morgan fingerprint density at radius 2 is 2.20 bits per heavy atom. The van der Waals surface area contributed by atoms with Crippen LogP contribution in [0.1, 0.15) is 26.2 Å². The van der Waals surface area contributed by atoms with Gasteiger partial charge in [-0.2, -0.15) is 0 Å². The molecule has 62 valence electrons. The zero-order valence-electron chi connectivity index (χ0n) is 7.22. The van der Waals surface area contributed by atoms with Crippen LogP contribution in [0.25, 0.3) is 0 Å². The topological polar surface area (TPSA) is 18.5 Å². The first-order chi connectivity index (χ1) is 4.85. The quantitative estimate of drug-likeness (QED) is 0.433. The van der Waals surface area contributed by atoms with Crippen molar-refractivity contribution in [1.29, 1.82) is 0 Å². The van der Waals surface area contributed by atoms with Crippen molar-refractivity contribution in [2.45, 2.75) is 39.0 Å². The molecule has 1 unspecified atom stereocenters. The number of hydrogen-bond donors (Lipinski definition) is 0. The molecule has 0 rings (SSSR count). The van der Waals surface area contributed by atoms with Crippen LogP contribution in [0.2, 0.25) is 6.55 Å². The Balaban J connectivity index is 3.21. The van der Waals surface area contributed by atoms with Crippen molar-refractivity contribution >= 4 is 9.76 Å². The average Bonchev–Trinajstić information content (AvgIpc) is 1.98. The summed E-state index contributed by atoms with van der Waals surface area (Å²) in [5.74, 6) is 0. The Hall–Kier alpha value is 0.137. The standard InChI is InChI=1S/C7H18O2Si/c1-4-5-6-7(8-2)9-10-3/h7H,4-6,10H2,1-3H3. The molecular formula is C7H18O2Si. The number of hydrogen-bond acceptors (Lipinski definition) is 2. The van der Waals surface area contributed by atoms with Crippen LogP contribution in [0, 0.1) is 0 Å². The number of rotatable bonds is 6. The first kappa shape index (κ1) is 10.1. The van der Waals surface area contributed by atoms with Gasteiger partial charge in [-0.3, -0.25) is 0 Å². The lowest BCUT2D eigenvalue weighted by molar-refractivity contribution is -0.0577. The van der Waals surface area contributed by atoms with E-state index in [0.29, 0.717) is 0 Å². The zero-order valence-corrected chi connectivity index (χ0v) is 8.64. The van der Waals surface area contributed by atoms with Gasteiger partial charge in [-0.05, 0) is 12.8 Å². The van der Waals surface area contributed by atoms with Crippen molar-refractivity contribution in [2.75, 3.05) is 7.11 Å². The molecule has 0 N–H and O–H groups in total. The highest BCUT2D eigenvalue weighted by Gasteiger charge is 2.03. The van der Waals surface area contributed by atoms with Crippen LogP contribution in [0.5, 0.6) is 0 Å². The third-order valence-electron chi connectivity index (χ3n) is 1.41. The van der Waals surface area contributed by atoms with Crippen LogP contribution in [0.4, 0.5) is 0 Å². The van der Waals surface area contributed by atoms with E-state index >= 15 is 0 Å². The minimum absolute atomic E-state index is 0.0802. The van der Waals surface area contributed by atoms with Crippen molar-refractivity contribution in [3.8, 4) is 0 Å². The van der Waals surface area contributed by atoms with E-state index in [1.165, 1.54) is 12.8 Å². The molecule has 3 heteroatoms. The summed E-state index contributed by atoms with van der Waals surface area (Å²) < 4.78 is 10.5. The van der Waals surface area contributed by atoms with Crippen LogP contribution in [0.15, 0.2) is 0 Å². The highest BCUT2D eigenvalue weighted by Crippen LogP contribution is 2.03. The summed E-state index contributed by atoms with van der Waals surface area (Å²) in [6.45, 7) is 4.30. The molecule has 0 aliphatic heterocycles. The lowest BCUT2D eigenvalue weighted by atomic mass is 10.2. The van der Waals surface area contributed by atoms with Gasteiger partial charge in [0, 0.05) is 7.11 Å². The van der Waals surface area contributed by atoms with E-state index in [1.807, 2.05) is 0 Å². The van der Waals surface area contributed by atoms with Crippen LogP contribution >= 0.6 is 0 Å². The molecular weight excluding hydrogens is 144 g/mol. The molecule has 0 fully saturated rings. The third-order valence-corrected chi connectivity index (χ3v) is 2.11. The molecule has 0 radical (unpaired) electrons. The molecule has 0 aliphatic rings. The minimum atomic E-state index is -0.297. The molecule has 0 bridgehead atoms. The number of methoxy groups -OCH3 is 1. The van der Waals surface area contributed by atoms with Gasteiger partial charge in [0.15, 0.2) is 9.76 Å². The lowest BCUT2D eigenvalue weighted by Gasteiger charge is -2.14. The van der Waals surface area contributed by atoms with Gasteiger partial charge in [0.1, 0.15) is 6.29 Å². The fourth-order valence-corrected chi connectivity index (χ4v) is 1.50. The number of ether oxygens (including phenoxy) is 1. The predicted molar refractivity (Wildman–Crippen MR) is 45.8 cm³/mol. The van der Waals surface area contributed by atoms with Crippen molar-refractivity contribution in [3.05, 3.63) is 0 Å². The molecule has 0 saturated carbocycles. The van der Waals surface area contributed by atoms with Crippen molar-refractivity contribution in [3.63, 3.8) is 0 Å². The summed E-state index contributed by atoms with van der Waals surface area (Å²) in [6.07, 6.45) is 3.55. The Bertz CT molecular complexity index is 68.6. The van der Waals surface area contributed by atoms with Crippen LogP contribution in [-0.4, -0.2) is 23.2 Å². The van der Waals surface area contributed by atoms with Crippen LogP contribution in [-0.2, 0) is 9.16 Å². The molecule has 0 aromatic heterocycles. The third kappa shape index (κ3) is 4.96. The molecule has 0 aliphatic carbocycles. The molecule has 0 saturated heterocycles. The Morgan fingerprint density at radius 3 is 2.60 bits per heavy atom. The summed E-state index contributed by atoms with van der Waals surface area (Å²) >= 11 is 0. The molecule has 2 nitrogen and oxygen atoms in total. The van der Waals surface area contributed by atoms with E-state index in [-0.39, 0.29) is 16.1 Å². The van der Waals surface area contributed by atoms with Crippen LogP contribution in [0.3, 0.4) is 0 Å². The smallest absolute Gasteiger partial charge is 0.161 e. The van der Waals surface area contributed by atoms with E-state index in [0.717, 1.165) is 6.42 Å². The first-order valence-electron chi connectivity index (χ1n) is 3.99. The van der Waals surface area contributed by atoms with Crippen LogP contribution < -0.4 is 0 Å².